The number of anilines is 2. The summed E-state index contributed by atoms with van der Waals surface area (Å²) in [4.78, 5) is 25.6. The maximum atomic E-state index is 12.8. The molecule has 0 radical (unpaired) electrons. The summed E-state index contributed by atoms with van der Waals surface area (Å²) in [6, 6.07) is 31.9. The minimum atomic E-state index is -0.0911. The van der Waals surface area contributed by atoms with Crippen molar-refractivity contribution in [3.8, 4) is 0 Å². The average molecular weight is 503 g/mol. The quantitative estimate of drug-likeness (QED) is 0.280. The lowest BCUT2D eigenvalue weighted by molar-refractivity contribution is 0.101. The van der Waals surface area contributed by atoms with Crippen molar-refractivity contribution in [2.24, 2.45) is 0 Å². The number of carbonyl (C=O) groups is 2. The Labute approximate surface area is 225 Å². The van der Waals surface area contributed by atoms with Crippen LogP contribution in [0.4, 0.5) is 11.4 Å². The summed E-state index contributed by atoms with van der Waals surface area (Å²) >= 11 is 0. The lowest BCUT2D eigenvalue weighted by atomic mass is 9.65. The highest BCUT2D eigenvalue weighted by molar-refractivity contribution is 6.05. The van der Waals surface area contributed by atoms with Gasteiger partial charge in [-0.25, -0.2) is 0 Å². The van der Waals surface area contributed by atoms with Crippen molar-refractivity contribution in [2.75, 3.05) is 10.6 Å². The zero-order chi connectivity index (χ0) is 26.5. The molecule has 0 bridgehead atoms. The fraction of sp³-hybridized carbons (Fsp3) is 0.235. The van der Waals surface area contributed by atoms with Crippen molar-refractivity contribution in [1.29, 1.82) is 0 Å². The number of rotatable bonds is 6. The Morgan fingerprint density at radius 1 is 0.553 bits per heavy atom. The maximum absolute atomic E-state index is 12.8. The predicted octanol–water partition coefficient (Wildman–Crippen LogP) is 8.06. The van der Waals surface area contributed by atoms with Gasteiger partial charge in [0.15, 0.2) is 0 Å². The number of nitrogens with one attached hydrogen (secondary N) is 2. The van der Waals surface area contributed by atoms with Crippen molar-refractivity contribution >= 4 is 23.2 Å². The van der Waals surface area contributed by atoms with Gasteiger partial charge in [0.1, 0.15) is 0 Å². The summed E-state index contributed by atoms with van der Waals surface area (Å²) in [5.41, 5.74) is 7.34. The largest absolute Gasteiger partial charge is 0.322 e. The number of hydrogen-bond donors (Lipinski definition) is 2. The van der Waals surface area contributed by atoms with Gasteiger partial charge in [0.2, 0.25) is 0 Å². The minimum absolute atomic E-state index is 0.0740. The molecular weight excluding hydrogens is 468 g/mol. The van der Waals surface area contributed by atoms with E-state index in [4.69, 9.17) is 0 Å². The van der Waals surface area contributed by atoms with Crippen molar-refractivity contribution in [2.45, 2.75) is 51.4 Å². The zero-order valence-corrected chi connectivity index (χ0v) is 22.1. The Morgan fingerprint density at radius 2 is 0.947 bits per heavy atom. The summed E-state index contributed by atoms with van der Waals surface area (Å²) in [5, 5.41) is 6.09. The Morgan fingerprint density at radius 3 is 1.34 bits per heavy atom. The van der Waals surface area contributed by atoms with E-state index in [-0.39, 0.29) is 17.2 Å². The van der Waals surface area contributed by atoms with Gasteiger partial charge >= 0.3 is 0 Å². The lowest BCUT2D eigenvalue weighted by Crippen LogP contribution is -2.30. The standard InChI is InChI=1S/C34H34N2O2/c1-24-10-4-6-12-30(24)32(37)35-28-18-14-26(15-19-28)34(22-8-3-9-23-34)27-16-20-29(21-17-27)36-33(38)31-13-7-5-11-25(31)2/h4-7,10-21H,3,8-9,22-23H2,1-2H3,(H,35,37)(H,36,38). The summed E-state index contributed by atoms with van der Waals surface area (Å²) in [6.45, 7) is 3.90. The maximum Gasteiger partial charge on any atom is 0.255 e. The first kappa shape index (κ1) is 25.5. The molecule has 1 saturated carbocycles. The minimum Gasteiger partial charge on any atom is -0.322 e. The fourth-order valence-corrected chi connectivity index (χ4v) is 5.70. The predicted molar refractivity (Wildman–Crippen MR) is 155 cm³/mol. The molecule has 5 rings (SSSR count). The van der Waals surface area contributed by atoms with Gasteiger partial charge < -0.3 is 10.6 Å². The van der Waals surface area contributed by atoms with Gasteiger partial charge in [0.25, 0.3) is 11.8 Å². The van der Waals surface area contributed by atoms with Crippen molar-refractivity contribution < 1.29 is 9.59 Å². The summed E-state index contributed by atoms with van der Waals surface area (Å²) in [6.07, 6.45) is 5.76. The SMILES string of the molecule is Cc1ccccc1C(=O)Nc1ccc(C2(c3ccc(NC(=O)c4ccccc4C)cc3)CCCCC2)cc1. The molecule has 4 heteroatoms. The highest BCUT2D eigenvalue weighted by atomic mass is 16.2. The Bertz CT molecular complexity index is 1330. The van der Waals surface area contributed by atoms with Crippen LogP contribution in [-0.2, 0) is 5.41 Å². The molecule has 2 amide bonds. The van der Waals surface area contributed by atoms with Crippen LogP contribution in [0.5, 0.6) is 0 Å². The molecule has 4 aromatic carbocycles. The third kappa shape index (κ3) is 5.26. The normalized spacial score (nSPS) is 14.5. The van der Waals surface area contributed by atoms with E-state index in [1.54, 1.807) is 0 Å². The van der Waals surface area contributed by atoms with Gasteiger partial charge in [-0.15, -0.1) is 0 Å². The molecule has 0 heterocycles. The van der Waals surface area contributed by atoms with Crippen LogP contribution in [0, 0.1) is 13.8 Å². The highest BCUT2D eigenvalue weighted by Crippen LogP contribution is 2.45. The first-order chi connectivity index (χ1) is 18.5. The molecule has 0 saturated heterocycles. The highest BCUT2D eigenvalue weighted by Gasteiger charge is 2.35. The van der Waals surface area contributed by atoms with Crippen LogP contribution in [-0.4, -0.2) is 11.8 Å². The molecule has 0 aliphatic heterocycles. The van der Waals surface area contributed by atoms with E-state index in [1.165, 1.54) is 30.4 Å². The van der Waals surface area contributed by atoms with Gasteiger partial charge in [-0.2, -0.15) is 0 Å². The molecular formula is C34H34N2O2. The van der Waals surface area contributed by atoms with Gasteiger partial charge in [0.05, 0.1) is 0 Å². The summed E-state index contributed by atoms with van der Waals surface area (Å²) in [7, 11) is 0. The van der Waals surface area contributed by atoms with Crippen LogP contribution in [0.15, 0.2) is 97.1 Å². The van der Waals surface area contributed by atoms with Gasteiger partial charge in [0, 0.05) is 27.9 Å². The molecule has 38 heavy (non-hydrogen) atoms. The molecule has 0 spiro atoms. The van der Waals surface area contributed by atoms with E-state index in [0.717, 1.165) is 35.3 Å². The van der Waals surface area contributed by atoms with Crippen LogP contribution in [0.2, 0.25) is 0 Å². The Hall–Kier alpha value is -4.18. The molecule has 1 aliphatic rings. The van der Waals surface area contributed by atoms with Crippen LogP contribution in [0.1, 0.15) is 75.1 Å². The van der Waals surface area contributed by atoms with E-state index < -0.39 is 0 Å². The van der Waals surface area contributed by atoms with Crippen molar-refractivity contribution in [3.63, 3.8) is 0 Å². The number of amides is 2. The van der Waals surface area contributed by atoms with Gasteiger partial charge in [-0.1, -0.05) is 79.9 Å². The van der Waals surface area contributed by atoms with Crippen LogP contribution < -0.4 is 10.6 Å². The second-order valence-electron chi connectivity index (χ2n) is 10.3. The van der Waals surface area contributed by atoms with Crippen LogP contribution in [0.25, 0.3) is 0 Å². The van der Waals surface area contributed by atoms with E-state index in [0.29, 0.717) is 11.1 Å². The monoisotopic (exact) mass is 502 g/mol. The molecule has 4 aromatic rings. The van der Waals surface area contributed by atoms with E-state index >= 15 is 0 Å². The second-order valence-corrected chi connectivity index (χ2v) is 10.3. The van der Waals surface area contributed by atoms with Gasteiger partial charge in [-0.3, -0.25) is 9.59 Å². The zero-order valence-electron chi connectivity index (χ0n) is 22.1. The molecule has 1 aliphatic carbocycles. The number of carbonyl (C=O) groups excluding carboxylic acids is 2. The summed E-state index contributed by atoms with van der Waals surface area (Å²) in [5.74, 6) is -0.182. The number of benzene rings is 4. The molecule has 0 unspecified atom stereocenters. The number of aryl methyl sites for hydroxylation is 2. The molecule has 0 atom stereocenters. The topological polar surface area (TPSA) is 58.2 Å². The first-order valence-corrected chi connectivity index (χ1v) is 13.4. The third-order valence-electron chi connectivity index (χ3n) is 7.88. The Balaban J connectivity index is 1.35. The molecule has 192 valence electrons. The average Bonchev–Trinajstić information content (AvgIpc) is 2.94. The number of hydrogen-bond acceptors (Lipinski definition) is 2. The van der Waals surface area contributed by atoms with Crippen molar-refractivity contribution in [3.05, 3.63) is 130 Å². The van der Waals surface area contributed by atoms with E-state index in [9.17, 15) is 9.59 Å². The van der Waals surface area contributed by atoms with E-state index in [1.807, 2.05) is 86.6 Å². The molecule has 2 N–H and O–H groups in total. The smallest absolute Gasteiger partial charge is 0.255 e. The summed E-state index contributed by atoms with van der Waals surface area (Å²) < 4.78 is 0. The van der Waals surface area contributed by atoms with Gasteiger partial charge in [-0.05, 0) is 85.3 Å². The first-order valence-electron chi connectivity index (χ1n) is 13.4. The lowest BCUT2D eigenvalue weighted by Gasteiger charge is -2.39. The molecule has 0 aromatic heterocycles. The molecule has 1 fully saturated rings. The molecule has 4 nitrogen and oxygen atoms in total. The van der Waals surface area contributed by atoms with Crippen molar-refractivity contribution in [1.82, 2.24) is 0 Å². The van der Waals surface area contributed by atoms with Crippen LogP contribution >= 0.6 is 0 Å². The second kappa shape index (κ2) is 11.1. The fourth-order valence-electron chi connectivity index (χ4n) is 5.70. The van der Waals surface area contributed by atoms with E-state index in [2.05, 4.69) is 34.9 Å². The Kier molecular flexibility index (Phi) is 7.41. The van der Waals surface area contributed by atoms with Crippen LogP contribution in [0.3, 0.4) is 0 Å². The third-order valence-corrected chi connectivity index (χ3v) is 7.88.